The zero-order valence-electron chi connectivity index (χ0n) is 21.1. The van der Waals surface area contributed by atoms with Crippen LogP contribution in [0.15, 0.2) is 42.5 Å². The van der Waals surface area contributed by atoms with Crippen molar-refractivity contribution in [2.45, 2.75) is 38.6 Å². The van der Waals surface area contributed by atoms with Gasteiger partial charge in [0.25, 0.3) is 0 Å². The van der Waals surface area contributed by atoms with Crippen molar-refractivity contribution in [1.29, 1.82) is 0 Å². The lowest BCUT2D eigenvalue weighted by Crippen LogP contribution is -2.47. The summed E-state index contributed by atoms with van der Waals surface area (Å²) in [6.45, 7) is 6.65. The highest BCUT2D eigenvalue weighted by Crippen LogP contribution is 2.48. The molecule has 3 aliphatic rings. The van der Waals surface area contributed by atoms with Gasteiger partial charge in [-0.05, 0) is 53.6 Å². The Kier molecular flexibility index (Phi) is 6.55. The summed E-state index contributed by atoms with van der Waals surface area (Å²) in [4.78, 5) is 30.2. The van der Waals surface area contributed by atoms with Crippen LogP contribution in [0.1, 0.15) is 49.8 Å². The predicted molar refractivity (Wildman–Crippen MR) is 133 cm³/mol. The molecule has 3 aliphatic heterocycles. The first-order chi connectivity index (χ1) is 17.3. The van der Waals surface area contributed by atoms with E-state index in [-0.39, 0.29) is 30.6 Å². The molecule has 0 aromatic heterocycles. The van der Waals surface area contributed by atoms with E-state index in [1.54, 1.807) is 7.11 Å². The molecule has 1 amide bonds. The van der Waals surface area contributed by atoms with Crippen LogP contribution in [-0.2, 0) is 9.59 Å². The zero-order valence-corrected chi connectivity index (χ0v) is 21.1. The molecule has 2 fully saturated rings. The number of nitrogens with zero attached hydrogens (tertiary/aromatic N) is 2. The van der Waals surface area contributed by atoms with Gasteiger partial charge in [-0.15, -0.1) is 0 Å². The van der Waals surface area contributed by atoms with Gasteiger partial charge < -0.3 is 24.2 Å². The number of rotatable bonds is 6. The van der Waals surface area contributed by atoms with Crippen molar-refractivity contribution >= 4 is 11.9 Å². The van der Waals surface area contributed by atoms with E-state index in [0.29, 0.717) is 23.8 Å². The number of carbonyl (C=O) groups is 2. The van der Waals surface area contributed by atoms with E-state index in [4.69, 9.17) is 14.2 Å². The molecule has 3 heterocycles. The standard InChI is InChI=1S/C28H34N2O6/c1-28(2)11-4-12-29(16-28)24(31)15-30-14-21(19-7-10-22-23(13-19)36-17-35-22)25(27(32)33)26(30)18-5-8-20(34-3)9-6-18/h5-10,13,21,25-26H,4,11-12,14-17H2,1-3H3,(H,32,33)/t21-,25+,26-/m1/s1. The lowest BCUT2D eigenvalue weighted by Gasteiger charge is -2.39. The van der Waals surface area contributed by atoms with Gasteiger partial charge in [0.05, 0.1) is 19.6 Å². The van der Waals surface area contributed by atoms with Crippen LogP contribution in [0.3, 0.4) is 0 Å². The quantitative estimate of drug-likeness (QED) is 0.651. The average molecular weight is 495 g/mol. The van der Waals surface area contributed by atoms with Gasteiger partial charge in [-0.3, -0.25) is 14.5 Å². The maximum absolute atomic E-state index is 13.5. The molecular formula is C28H34N2O6. The highest BCUT2D eigenvalue weighted by Gasteiger charge is 2.48. The monoisotopic (exact) mass is 494 g/mol. The number of methoxy groups -OCH3 is 1. The Balaban J connectivity index is 1.48. The summed E-state index contributed by atoms with van der Waals surface area (Å²) in [5, 5.41) is 10.4. The van der Waals surface area contributed by atoms with Gasteiger partial charge in [0.2, 0.25) is 12.7 Å². The molecule has 0 bridgehead atoms. The van der Waals surface area contributed by atoms with Crippen LogP contribution < -0.4 is 14.2 Å². The highest BCUT2D eigenvalue weighted by molar-refractivity contribution is 5.79. The number of ether oxygens (including phenoxy) is 3. The fourth-order valence-corrected chi connectivity index (χ4v) is 5.98. The third-order valence-electron chi connectivity index (χ3n) is 7.76. The summed E-state index contributed by atoms with van der Waals surface area (Å²) in [5.74, 6) is 0.121. The number of amides is 1. The maximum Gasteiger partial charge on any atom is 0.309 e. The molecular weight excluding hydrogens is 460 g/mol. The molecule has 8 nitrogen and oxygen atoms in total. The number of hydrogen-bond donors (Lipinski definition) is 1. The second kappa shape index (κ2) is 9.65. The number of carboxylic acid groups (broad SMARTS) is 1. The summed E-state index contributed by atoms with van der Waals surface area (Å²) in [6, 6.07) is 12.7. The Morgan fingerprint density at radius 1 is 1.08 bits per heavy atom. The van der Waals surface area contributed by atoms with E-state index in [1.165, 1.54) is 0 Å². The first kappa shape index (κ1) is 24.4. The maximum atomic E-state index is 13.5. The molecule has 1 N–H and O–H groups in total. The predicted octanol–water partition coefficient (Wildman–Crippen LogP) is 3.91. The minimum absolute atomic E-state index is 0.0526. The molecule has 2 saturated heterocycles. The molecule has 8 heteroatoms. The third kappa shape index (κ3) is 4.74. The molecule has 192 valence electrons. The van der Waals surface area contributed by atoms with E-state index < -0.39 is 17.9 Å². The minimum atomic E-state index is -0.882. The Labute approximate surface area is 211 Å². The molecule has 0 radical (unpaired) electrons. The largest absolute Gasteiger partial charge is 0.497 e. The smallest absolute Gasteiger partial charge is 0.309 e. The first-order valence-electron chi connectivity index (χ1n) is 12.5. The van der Waals surface area contributed by atoms with Gasteiger partial charge in [-0.25, -0.2) is 0 Å². The number of aliphatic carboxylic acids is 1. The Morgan fingerprint density at radius 3 is 2.50 bits per heavy atom. The van der Waals surface area contributed by atoms with Crippen molar-refractivity contribution in [3.05, 3.63) is 53.6 Å². The van der Waals surface area contributed by atoms with Crippen molar-refractivity contribution < 1.29 is 28.9 Å². The van der Waals surface area contributed by atoms with Crippen LogP contribution in [-0.4, -0.2) is 66.9 Å². The highest BCUT2D eigenvalue weighted by atomic mass is 16.7. The van der Waals surface area contributed by atoms with Gasteiger partial charge in [0.1, 0.15) is 5.75 Å². The summed E-state index contributed by atoms with van der Waals surface area (Å²) >= 11 is 0. The van der Waals surface area contributed by atoms with Gasteiger partial charge in [0.15, 0.2) is 11.5 Å². The molecule has 0 aliphatic carbocycles. The minimum Gasteiger partial charge on any atom is -0.497 e. The van der Waals surface area contributed by atoms with Crippen molar-refractivity contribution in [3.63, 3.8) is 0 Å². The molecule has 0 unspecified atom stereocenters. The van der Waals surface area contributed by atoms with Crippen LogP contribution in [0.25, 0.3) is 0 Å². The van der Waals surface area contributed by atoms with Crippen molar-refractivity contribution in [2.75, 3.05) is 40.1 Å². The first-order valence-corrected chi connectivity index (χ1v) is 12.5. The fraction of sp³-hybridized carbons (Fsp3) is 0.500. The van der Waals surface area contributed by atoms with Gasteiger partial charge in [-0.1, -0.05) is 32.0 Å². The Morgan fingerprint density at radius 2 is 1.81 bits per heavy atom. The van der Waals surface area contributed by atoms with Crippen LogP contribution >= 0.6 is 0 Å². The number of piperidine rings is 1. The second-order valence-electron chi connectivity index (χ2n) is 10.8. The fourth-order valence-electron chi connectivity index (χ4n) is 5.98. The van der Waals surface area contributed by atoms with Crippen molar-refractivity contribution in [1.82, 2.24) is 9.80 Å². The molecule has 0 spiro atoms. The lowest BCUT2D eigenvalue weighted by atomic mass is 9.82. The number of likely N-dealkylation sites (tertiary alicyclic amines) is 2. The number of benzene rings is 2. The summed E-state index contributed by atoms with van der Waals surface area (Å²) in [5.41, 5.74) is 1.82. The van der Waals surface area contributed by atoms with Crippen LogP contribution in [0.4, 0.5) is 0 Å². The van der Waals surface area contributed by atoms with E-state index in [1.807, 2.05) is 52.3 Å². The molecule has 5 rings (SSSR count). The summed E-state index contributed by atoms with van der Waals surface area (Å²) in [7, 11) is 1.60. The van der Waals surface area contributed by atoms with Crippen molar-refractivity contribution in [3.8, 4) is 17.2 Å². The normalized spacial score (nSPS) is 25.1. The van der Waals surface area contributed by atoms with Gasteiger partial charge in [-0.2, -0.15) is 0 Å². The average Bonchev–Trinajstić information content (AvgIpc) is 3.47. The molecule has 2 aromatic carbocycles. The molecule has 0 saturated carbocycles. The van der Waals surface area contributed by atoms with E-state index in [0.717, 1.165) is 37.1 Å². The zero-order chi connectivity index (χ0) is 25.4. The Bertz CT molecular complexity index is 1130. The molecule has 2 aromatic rings. The SMILES string of the molecule is COc1ccc([C@@H]2[C@@H](C(=O)O)[C@@H](c3ccc4c(c3)OCO4)CN2CC(=O)N2CCCC(C)(C)C2)cc1. The lowest BCUT2D eigenvalue weighted by molar-refractivity contribution is -0.144. The molecule has 3 atom stereocenters. The number of carbonyl (C=O) groups excluding carboxylic acids is 1. The number of hydrogen-bond acceptors (Lipinski definition) is 6. The van der Waals surface area contributed by atoms with Crippen molar-refractivity contribution in [2.24, 2.45) is 11.3 Å². The van der Waals surface area contributed by atoms with Gasteiger partial charge in [0, 0.05) is 31.6 Å². The second-order valence-corrected chi connectivity index (χ2v) is 10.8. The third-order valence-corrected chi connectivity index (χ3v) is 7.76. The topological polar surface area (TPSA) is 88.5 Å². The van der Waals surface area contributed by atoms with Gasteiger partial charge >= 0.3 is 5.97 Å². The van der Waals surface area contributed by atoms with E-state index in [2.05, 4.69) is 13.8 Å². The van der Waals surface area contributed by atoms with Crippen LogP contribution in [0.2, 0.25) is 0 Å². The van der Waals surface area contributed by atoms with Crippen LogP contribution in [0.5, 0.6) is 17.2 Å². The Hall–Kier alpha value is -3.26. The number of carboxylic acids is 1. The summed E-state index contributed by atoms with van der Waals surface area (Å²) < 4.78 is 16.3. The number of fused-ring (bicyclic) bond motifs is 1. The van der Waals surface area contributed by atoms with E-state index >= 15 is 0 Å². The van der Waals surface area contributed by atoms with E-state index in [9.17, 15) is 14.7 Å². The molecule has 36 heavy (non-hydrogen) atoms. The summed E-state index contributed by atoms with van der Waals surface area (Å²) in [6.07, 6.45) is 2.08. The van der Waals surface area contributed by atoms with Crippen LogP contribution in [0, 0.1) is 11.3 Å².